The molecule has 1 aromatic heterocycles. The Labute approximate surface area is 195 Å². The fraction of sp³-hybridized carbons (Fsp3) is 0.217. The Morgan fingerprint density at radius 2 is 1.73 bits per heavy atom. The summed E-state index contributed by atoms with van der Waals surface area (Å²) in [5.74, 6) is -0.655. The number of aromatic nitrogens is 1. The van der Waals surface area contributed by atoms with E-state index >= 15 is 0 Å². The number of Topliss-reactive ketones (excluding diaryl/α,β-unsaturated/α-hetero) is 2. The van der Waals surface area contributed by atoms with Crippen molar-refractivity contribution in [3.63, 3.8) is 0 Å². The molecule has 1 heterocycles. The molecule has 0 aliphatic rings. The number of pyridine rings is 1. The lowest BCUT2D eigenvalue weighted by molar-refractivity contribution is -0.115. The number of halogens is 1. The fourth-order valence-electron chi connectivity index (χ4n) is 3.09. The highest BCUT2D eigenvalue weighted by atomic mass is 32.2. The van der Waals surface area contributed by atoms with Crippen molar-refractivity contribution in [3.05, 3.63) is 65.9 Å². The third kappa shape index (κ3) is 5.82. The van der Waals surface area contributed by atoms with Crippen molar-refractivity contribution >= 4 is 55.1 Å². The van der Waals surface area contributed by atoms with E-state index in [1.165, 1.54) is 62.5 Å². The topological polar surface area (TPSA) is 101 Å². The normalized spacial score (nSPS) is 11.4. The Morgan fingerprint density at radius 1 is 1.03 bits per heavy atom. The highest BCUT2D eigenvalue weighted by Crippen LogP contribution is 2.27. The summed E-state index contributed by atoms with van der Waals surface area (Å²) in [5.41, 5.74) is 1.29. The number of anilines is 1. The molecule has 0 saturated heterocycles. The van der Waals surface area contributed by atoms with Crippen LogP contribution in [0.25, 0.3) is 10.9 Å². The first kappa shape index (κ1) is 24.5. The van der Waals surface area contributed by atoms with E-state index in [4.69, 9.17) is 0 Å². The van der Waals surface area contributed by atoms with Gasteiger partial charge in [-0.05, 0) is 49.4 Å². The molecule has 0 N–H and O–H groups in total. The summed E-state index contributed by atoms with van der Waals surface area (Å²) >= 11 is 0.892. The van der Waals surface area contributed by atoms with Gasteiger partial charge in [-0.3, -0.25) is 23.7 Å². The highest BCUT2D eigenvalue weighted by molar-refractivity contribution is 8.14. The van der Waals surface area contributed by atoms with Crippen LogP contribution >= 0.6 is 11.8 Å². The number of benzene rings is 2. The van der Waals surface area contributed by atoms with Gasteiger partial charge in [-0.1, -0.05) is 17.8 Å². The van der Waals surface area contributed by atoms with E-state index in [-0.39, 0.29) is 33.0 Å². The van der Waals surface area contributed by atoms with Crippen molar-refractivity contribution in [2.24, 2.45) is 0 Å². The first-order valence-electron chi connectivity index (χ1n) is 9.85. The highest BCUT2D eigenvalue weighted by Gasteiger charge is 2.27. The Hall–Kier alpha value is -3.11. The van der Waals surface area contributed by atoms with Crippen LogP contribution in [0.4, 0.5) is 10.1 Å². The monoisotopic (exact) mass is 488 g/mol. The maximum absolute atomic E-state index is 13.4. The molecule has 10 heteroatoms. The van der Waals surface area contributed by atoms with Gasteiger partial charge in [-0.15, -0.1) is 0 Å². The van der Waals surface area contributed by atoms with Crippen LogP contribution in [0, 0.1) is 0 Å². The van der Waals surface area contributed by atoms with E-state index in [1.807, 2.05) is 0 Å². The molecule has 2 aromatic carbocycles. The van der Waals surface area contributed by atoms with Gasteiger partial charge in [0.25, 0.3) is 10.0 Å². The van der Waals surface area contributed by atoms with Crippen LogP contribution in [0.15, 0.2) is 59.6 Å². The second-order valence-corrected chi connectivity index (χ2v) is 10.3. The van der Waals surface area contributed by atoms with E-state index < -0.39 is 23.2 Å². The zero-order valence-electron chi connectivity index (χ0n) is 17.9. The molecule has 7 nitrogen and oxygen atoms in total. The molecule has 0 spiro atoms. The quantitative estimate of drug-likeness (QED) is 0.420. The largest absolute Gasteiger partial charge is 0.298 e. The standard InChI is InChI=1S/C23H21FN2O5S2/c1-15(27)13-26(20-6-3-18(4-7-20)23(29)14-32-16(2)28)33(30,31)21-8-5-19-9-17(11-24)12-25-22(19)10-21/h3-10,12H,11,13-14H2,1-2H3. The first-order valence-corrected chi connectivity index (χ1v) is 12.3. The zero-order chi connectivity index (χ0) is 24.2. The summed E-state index contributed by atoms with van der Waals surface area (Å²) in [5, 5.41) is 0.415. The van der Waals surface area contributed by atoms with Crippen molar-refractivity contribution in [1.82, 2.24) is 4.98 Å². The molecular formula is C23H21FN2O5S2. The second-order valence-electron chi connectivity index (χ2n) is 7.30. The molecular weight excluding hydrogens is 467 g/mol. The molecule has 0 amide bonds. The third-order valence-electron chi connectivity index (χ3n) is 4.70. The predicted molar refractivity (Wildman–Crippen MR) is 126 cm³/mol. The van der Waals surface area contributed by atoms with Gasteiger partial charge in [-0.25, -0.2) is 12.8 Å². The number of fused-ring (bicyclic) bond motifs is 1. The van der Waals surface area contributed by atoms with Gasteiger partial charge in [0, 0.05) is 29.6 Å². The number of ketones is 2. The summed E-state index contributed by atoms with van der Waals surface area (Å²) in [7, 11) is -4.15. The third-order valence-corrected chi connectivity index (χ3v) is 7.29. The molecule has 0 fully saturated rings. The molecule has 3 aromatic rings. The van der Waals surface area contributed by atoms with Crippen LogP contribution in [0.3, 0.4) is 0 Å². The lowest BCUT2D eigenvalue weighted by Crippen LogP contribution is -2.35. The summed E-state index contributed by atoms with van der Waals surface area (Å²) in [6, 6.07) is 11.7. The first-order chi connectivity index (χ1) is 15.6. The number of hydrogen-bond donors (Lipinski definition) is 0. The number of carbonyl (C=O) groups excluding carboxylic acids is 3. The second kappa shape index (κ2) is 10.2. The van der Waals surface area contributed by atoms with Gasteiger partial charge in [-0.2, -0.15) is 0 Å². The minimum atomic E-state index is -4.15. The van der Waals surface area contributed by atoms with E-state index in [0.29, 0.717) is 22.0 Å². The average Bonchev–Trinajstić information content (AvgIpc) is 2.80. The van der Waals surface area contributed by atoms with Crippen molar-refractivity contribution < 1.29 is 27.2 Å². The number of sulfonamides is 1. The van der Waals surface area contributed by atoms with Crippen molar-refractivity contribution in [2.75, 3.05) is 16.6 Å². The van der Waals surface area contributed by atoms with Crippen LogP contribution in [0.1, 0.15) is 29.8 Å². The minimum Gasteiger partial charge on any atom is -0.298 e. The van der Waals surface area contributed by atoms with Crippen molar-refractivity contribution in [1.29, 1.82) is 0 Å². The van der Waals surface area contributed by atoms with Crippen LogP contribution in [-0.4, -0.2) is 42.4 Å². The Balaban J connectivity index is 1.96. The molecule has 0 aliphatic carbocycles. The molecule has 0 bridgehead atoms. The summed E-state index contributed by atoms with van der Waals surface area (Å²) in [6.45, 7) is 1.57. The van der Waals surface area contributed by atoms with Gasteiger partial charge >= 0.3 is 0 Å². The molecule has 0 radical (unpaired) electrons. The van der Waals surface area contributed by atoms with Crippen molar-refractivity contribution in [3.8, 4) is 0 Å². The minimum absolute atomic E-state index is 0.0155. The molecule has 33 heavy (non-hydrogen) atoms. The van der Waals surface area contributed by atoms with Gasteiger partial charge in [0.2, 0.25) is 0 Å². The van der Waals surface area contributed by atoms with Gasteiger partial charge in [0.15, 0.2) is 10.9 Å². The summed E-state index contributed by atoms with van der Waals surface area (Å²) in [6.07, 6.45) is 1.34. The zero-order valence-corrected chi connectivity index (χ0v) is 19.6. The van der Waals surface area contributed by atoms with Crippen LogP contribution in [0.2, 0.25) is 0 Å². The van der Waals surface area contributed by atoms with Crippen molar-refractivity contribution in [2.45, 2.75) is 25.4 Å². The average molecular weight is 489 g/mol. The predicted octanol–water partition coefficient (Wildman–Crippen LogP) is 3.95. The molecule has 172 valence electrons. The fourth-order valence-corrected chi connectivity index (χ4v) is 5.10. The molecule has 0 unspecified atom stereocenters. The van der Waals surface area contributed by atoms with Gasteiger partial charge < -0.3 is 0 Å². The smallest absolute Gasteiger partial charge is 0.264 e. The number of hydrogen-bond acceptors (Lipinski definition) is 7. The number of thioether (sulfide) groups is 1. The lowest BCUT2D eigenvalue weighted by atomic mass is 10.1. The van der Waals surface area contributed by atoms with E-state index in [0.717, 1.165) is 16.1 Å². The SMILES string of the molecule is CC(=O)CN(c1ccc(C(=O)CSC(C)=O)cc1)S(=O)(=O)c1ccc2cc(CF)cnc2c1. The molecule has 0 atom stereocenters. The molecule has 0 aliphatic heterocycles. The van der Waals surface area contributed by atoms with E-state index in [2.05, 4.69) is 4.98 Å². The van der Waals surface area contributed by atoms with Crippen LogP contribution in [-0.2, 0) is 26.3 Å². The molecule has 3 rings (SSSR count). The van der Waals surface area contributed by atoms with Crippen LogP contribution in [0.5, 0.6) is 0 Å². The Kier molecular flexibility index (Phi) is 7.60. The number of rotatable bonds is 9. The maximum atomic E-state index is 13.4. The Morgan fingerprint density at radius 3 is 2.33 bits per heavy atom. The number of alkyl halides is 1. The number of carbonyl (C=O) groups is 3. The summed E-state index contributed by atoms with van der Waals surface area (Å²) < 4.78 is 40.7. The Bertz CT molecular complexity index is 1320. The van der Waals surface area contributed by atoms with Gasteiger partial charge in [0.05, 0.1) is 28.4 Å². The lowest BCUT2D eigenvalue weighted by Gasteiger charge is -2.23. The summed E-state index contributed by atoms with van der Waals surface area (Å²) in [4.78, 5) is 39.2. The maximum Gasteiger partial charge on any atom is 0.264 e. The van der Waals surface area contributed by atoms with E-state index in [1.54, 1.807) is 6.07 Å². The van der Waals surface area contributed by atoms with Crippen LogP contribution < -0.4 is 4.31 Å². The van der Waals surface area contributed by atoms with Gasteiger partial charge in [0.1, 0.15) is 12.5 Å². The number of nitrogens with zero attached hydrogens (tertiary/aromatic N) is 2. The van der Waals surface area contributed by atoms with E-state index in [9.17, 15) is 27.2 Å². The molecule has 0 saturated carbocycles.